The van der Waals surface area contributed by atoms with Crippen molar-refractivity contribution in [1.82, 2.24) is 15.2 Å². The standard InChI is InChI=1S/C24H31N3O2/c1-18-4-3-5-20(16-18)17-26-23(28)21-6-8-22(9-7-21)24(29)27(2)15-12-19-10-13-25-14-11-19/h3-5,10-11,13-14,16,21-22H,6-9,12,15,17H2,1-2H3,(H,26,28). The van der Waals surface area contributed by atoms with E-state index in [4.69, 9.17) is 0 Å². The molecule has 0 radical (unpaired) electrons. The van der Waals surface area contributed by atoms with Crippen molar-refractivity contribution in [1.29, 1.82) is 0 Å². The van der Waals surface area contributed by atoms with Gasteiger partial charge in [-0.3, -0.25) is 14.6 Å². The lowest BCUT2D eigenvalue weighted by Crippen LogP contribution is -2.38. The molecule has 154 valence electrons. The maximum Gasteiger partial charge on any atom is 0.225 e. The van der Waals surface area contributed by atoms with E-state index in [-0.39, 0.29) is 23.7 Å². The number of nitrogens with zero attached hydrogens (tertiary/aromatic N) is 2. The Bertz CT molecular complexity index is 814. The maximum atomic E-state index is 12.8. The van der Waals surface area contributed by atoms with Crippen molar-refractivity contribution in [2.24, 2.45) is 11.8 Å². The zero-order chi connectivity index (χ0) is 20.6. The van der Waals surface area contributed by atoms with Crippen molar-refractivity contribution in [2.75, 3.05) is 13.6 Å². The molecule has 1 aliphatic rings. The van der Waals surface area contributed by atoms with Crippen LogP contribution in [-0.2, 0) is 22.6 Å². The van der Waals surface area contributed by atoms with Crippen molar-refractivity contribution in [3.63, 3.8) is 0 Å². The molecular formula is C24H31N3O2. The summed E-state index contributed by atoms with van der Waals surface area (Å²) in [6, 6.07) is 12.2. The third-order valence-corrected chi connectivity index (χ3v) is 5.86. The minimum Gasteiger partial charge on any atom is -0.352 e. The summed E-state index contributed by atoms with van der Waals surface area (Å²) in [6.45, 7) is 3.33. The van der Waals surface area contributed by atoms with Crippen LogP contribution in [0.2, 0.25) is 0 Å². The third-order valence-electron chi connectivity index (χ3n) is 5.86. The number of rotatable bonds is 7. The molecule has 2 amide bonds. The molecule has 0 spiro atoms. The van der Waals surface area contributed by atoms with Gasteiger partial charge in [0.25, 0.3) is 0 Å². The zero-order valence-corrected chi connectivity index (χ0v) is 17.4. The summed E-state index contributed by atoms with van der Waals surface area (Å²) < 4.78 is 0. The minimum atomic E-state index is 0.0194. The Morgan fingerprint density at radius 2 is 1.72 bits per heavy atom. The summed E-state index contributed by atoms with van der Waals surface area (Å²) in [7, 11) is 1.88. The fraction of sp³-hybridized carbons (Fsp3) is 0.458. The molecule has 1 fully saturated rings. The first-order valence-electron chi connectivity index (χ1n) is 10.5. The van der Waals surface area contributed by atoms with E-state index in [1.54, 1.807) is 12.4 Å². The van der Waals surface area contributed by atoms with Crippen molar-refractivity contribution in [3.05, 3.63) is 65.5 Å². The molecule has 0 atom stereocenters. The first-order valence-corrected chi connectivity index (χ1v) is 10.5. The molecule has 0 saturated heterocycles. The van der Waals surface area contributed by atoms with Crippen LogP contribution in [0, 0.1) is 18.8 Å². The highest BCUT2D eigenvalue weighted by Gasteiger charge is 2.31. The molecule has 2 aromatic rings. The van der Waals surface area contributed by atoms with Gasteiger partial charge < -0.3 is 10.2 Å². The monoisotopic (exact) mass is 393 g/mol. The summed E-state index contributed by atoms with van der Waals surface area (Å²) in [6.07, 6.45) is 7.55. The summed E-state index contributed by atoms with van der Waals surface area (Å²) in [5, 5.41) is 3.06. The predicted molar refractivity (Wildman–Crippen MR) is 114 cm³/mol. The van der Waals surface area contributed by atoms with Crippen LogP contribution in [0.1, 0.15) is 42.4 Å². The Kier molecular flexibility index (Phi) is 7.39. The second kappa shape index (κ2) is 10.2. The number of aromatic nitrogens is 1. The van der Waals surface area contributed by atoms with Gasteiger partial charge in [0, 0.05) is 44.4 Å². The fourth-order valence-corrected chi connectivity index (χ4v) is 4.03. The first-order chi connectivity index (χ1) is 14.0. The number of amides is 2. The van der Waals surface area contributed by atoms with Crippen LogP contribution in [0.3, 0.4) is 0 Å². The minimum absolute atomic E-state index is 0.0194. The highest BCUT2D eigenvalue weighted by atomic mass is 16.2. The highest BCUT2D eigenvalue weighted by Crippen LogP contribution is 2.30. The van der Waals surface area contributed by atoms with E-state index in [0.29, 0.717) is 13.1 Å². The number of hydrogen-bond acceptors (Lipinski definition) is 3. The van der Waals surface area contributed by atoms with Gasteiger partial charge >= 0.3 is 0 Å². The van der Waals surface area contributed by atoms with Crippen molar-refractivity contribution < 1.29 is 9.59 Å². The predicted octanol–water partition coefficient (Wildman–Crippen LogP) is 3.51. The molecule has 3 rings (SSSR count). The topological polar surface area (TPSA) is 62.3 Å². The number of pyridine rings is 1. The van der Waals surface area contributed by atoms with Crippen LogP contribution in [0.4, 0.5) is 0 Å². The first kappa shape index (κ1) is 21.0. The molecule has 5 heteroatoms. The summed E-state index contributed by atoms with van der Waals surface area (Å²) in [5.41, 5.74) is 3.51. The molecule has 0 bridgehead atoms. The van der Waals surface area contributed by atoms with Crippen molar-refractivity contribution in [2.45, 2.75) is 45.6 Å². The van der Waals surface area contributed by atoms with E-state index in [0.717, 1.165) is 37.7 Å². The van der Waals surface area contributed by atoms with E-state index in [2.05, 4.69) is 29.4 Å². The Morgan fingerprint density at radius 1 is 1.03 bits per heavy atom. The molecule has 5 nitrogen and oxygen atoms in total. The van der Waals surface area contributed by atoms with Crippen LogP contribution in [0.15, 0.2) is 48.8 Å². The van der Waals surface area contributed by atoms with Crippen LogP contribution in [0.5, 0.6) is 0 Å². The van der Waals surface area contributed by atoms with Gasteiger partial charge in [0.1, 0.15) is 0 Å². The number of carbonyl (C=O) groups excluding carboxylic acids is 2. The van der Waals surface area contributed by atoms with Crippen molar-refractivity contribution >= 4 is 11.8 Å². The van der Waals surface area contributed by atoms with E-state index >= 15 is 0 Å². The Labute approximate surface area is 173 Å². The second-order valence-electron chi connectivity index (χ2n) is 8.12. The van der Waals surface area contributed by atoms with Crippen LogP contribution < -0.4 is 5.32 Å². The normalized spacial score (nSPS) is 18.8. The molecule has 1 N–H and O–H groups in total. The Hall–Kier alpha value is -2.69. The lowest BCUT2D eigenvalue weighted by molar-refractivity contribution is -0.137. The largest absolute Gasteiger partial charge is 0.352 e. The van der Waals surface area contributed by atoms with E-state index in [9.17, 15) is 9.59 Å². The van der Waals surface area contributed by atoms with Crippen LogP contribution in [0.25, 0.3) is 0 Å². The van der Waals surface area contributed by atoms with Gasteiger partial charge in [0.2, 0.25) is 11.8 Å². The molecular weight excluding hydrogens is 362 g/mol. The number of nitrogens with one attached hydrogen (secondary N) is 1. The second-order valence-corrected chi connectivity index (χ2v) is 8.12. The maximum absolute atomic E-state index is 12.8. The quantitative estimate of drug-likeness (QED) is 0.783. The highest BCUT2D eigenvalue weighted by molar-refractivity contribution is 5.81. The third kappa shape index (κ3) is 6.14. The average Bonchev–Trinajstić information content (AvgIpc) is 2.76. The summed E-state index contributed by atoms with van der Waals surface area (Å²) >= 11 is 0. The van der Waals surface area contributed by atoms with Crippen LogP contribution in [-0.4, -0.2) is 35.3 Å². The number of aryl methyl sites for hydroxylation is 1. The number of hydrogen-bond donors (Lipinski definition) is 1. The van der Waals surface area contributed by atoms with Crippen LogP contribution >= 0.6 is 0 Å². The Morgan fingerprint density at radius 3 is 2.41 bits per heavy atom. The van der Waals surface area contributed by atoms with Crippen molar-refractivity contribution in [3.8, 4) is 0 Å². The molecule has 1 saturated carbocycles. The molecule has 1 heterocycles. The summed E-state index contributed by atoms with van der Waals surface area (Å²) in [4.78, 5) is 31.1. The van der Waals surface area contributed by atoms with Gasteiger partial charge in [-0.25, -0.2) is 0 Å². The number of likely N-dealkylation sites (N-methyl/N-ethyl adjacent to an activating group) is 1. The smallest absolute Gasteiger partial charge is 0.225 e. The average molecular weight is 394 g/mol. The van der Waals surface area contributed by atoms with E-state index in [1.807, 2.05) is 36.2 Å². The SMILES string of the molecule is Cc1cccc(CNC(=O)C2CCC(C(=O)N(C)CCc3ccncc3)CC2)c1. The van der Waals surface area contributed by atoms with Gasteiger partial charge in [-0.2, -0.15) is 0 Å². The van der Waals surface area contributed by atoms with Gasteiger partial charge in [-0.05, 0) is 62.3 Å². The molecule has 1 aromatic carbocycles. The fourth-order valence-electron chi connectivity index (χ4n) is 4.03. The Balaban J connectivity index is 1.40. The number of benzene rings is 1. The summed E-state index contributed by atoms with van der Waals surface area (Å²) in [5.74, 6) is 0.380. The molecule has 0 unspecified atom stereocenters. The van der Waals surface area contributed by atoms with Gasteiger partial charge in [-0.15, -0.1) is 0 Å². The van der Waals surface area contributed by atoms with Gasteiger partial charge in [0.15, 0.2) is 0 Å². The van der Waals surface area contributed by atoms with E-state index in [1.165, 1.54) is 11.1 Å². The van der Waals surface area contributed by atoms with Gasteiger partial charge in [-0.1, -0.05) is 29.8 Å². The van der Waals surface area contributed by atoms with E-state index < -0.39 is 0 Å². The number of carbonyl (C=O) groups is 2. The zero-order valence-electron chi connectivity index (χ0n) is 17.4. The van der Waals surface area contributed by atoms with Gasteiger partial charge in [0.05, 0.1) is 0 Å². The molecule has 0 aliphatic heterocycles. The molecule has 29 heavy (non-hydrogen) atoms. The lowest BCUT2D eigenvalue weighted by atomic mass is 9.81. The molecule has 1 aliphatic carbocycles. The lowest BCUT2D eigenvalue weighted by Gasteiger charge is -2.30. The molecule has 1 aromatic heterocycles.